The molecule has 1 aliphatic heterocycles. The maximum atomic E-state index is 13.3. The molecule has 7 heteroatoms. The largest absolute Gasteiger partial charge is 0.463 e. The second-order valence-corrected chi connectivity index (χ2v) is 8.21. The monoisotopic (exact) mass is 453 g/mol. The van der Waals surface area contributed by atoms with Gasteiger partial charge in [-0.3, -0.25) is 14.4 Å². The molecule has 2 aromatic heterocycles. The number of aromatic amines is 1. The van der Waals surface area contributed by atoms with Gasteiger partial charge in [-0.2, -0.15) is 0 Å². The molecule has 1 aliphatic rings. The zero-order valence-electron chi connectivity index (χ0n) is 17.6. The van der Waals surface area contributed by atoms with Crippen LogP contribution in [-0.2, 0) is 4.79 Å². The first-order valence-corrected chi connectivity index (χ1v) is 10.7. The van der Waals surface area contributed by atoms with Crippen LogP contribution in [0.1, 0.15) is 23.5 Å². The number of hydrogen-bond donors (Lipinski definition) is 1. The number of para-hydroxylation sites is 1. The molecule has 5 aromatic rings. The number of rotatable bonds is 2. The number of pyridine rings is 1. The van der Waals surface area contributed by atoms with Crippen molar-refractivity contribution in [1.82, 2.24) is 4.98 Å². The molecule has 0 aliphatic carbocycles. The lowest BCUT2D eigenvalue weighted by Gasteiger charge is -2.25. The number of carbonyl (C=O) groups is 1. The second kappa shape index (κ2) is 7.52. The molecule has 0 saturated heterocycles. The van der Waals surface area contributed by atoms with E-state index in [1.165, 1.54) is 36.6 Å². The lowest BCUT2D eigenvalue weighted by molar-refractivity contribution is -0.135. The third kappa shape index (κ3) is 3.13. The van der Waals surface area contributed by atoms with Crippen LogP contribution < -0.4 is 15.7 Å². The lowest BCUT2D eigenvalue weighted by atomic mass is 9.85. The maximum Gasteiger partial charge on any atom is 0.312 e. The van der Waals surface area contributed by atoms with Crippen LogP contribution in [0, 0.1) is 5.82 Å². The van der Waals surface area contributed by atoms with Gasteiger partial charge in [0.1, 0.15) is 23.4 Å². The quantitative estimate of drug-likeness (QED) is 0.304. The van der Waals surface area contributed by atoms with Crippen molar-refractivity contribution in [3.63, 3.8) is 0 Å². The first-order valence-electron chi connectivity index (χ1n) is 10.7. The van der Waals surface area contributed by atoms with E-state index in [4.69, 9.17) is 9.15 Å². The molecule has 166 valence electrons. The van der Waals surface area contributed by atoms with Crippen molar-refractivity contribution in [1.29, 1.82) is 0 Å². The van der Waals surface area contributed by atoms with Gasteiger partial charge in [0, 0.05) is 22.6 Å². The van der Waals surface area contributed by atoms with Gasteiger partial charge < -0.3 is 14.1 Å². The minimum Gasteiger partial charge on any atom is -0.463 e. The molecule has 6 nitrogen and oxygen atoms in total. The van der Waals surface area contributed by atoms with E-state index < -0.39 is 17.7 Å². The van der Waals surface area contributed by atoms with Crippen LogP contribution in [0.2, 0.25) is 0 Å². The van der Waals surface area contributed by atoms with Crippen LogP contribution in [0.25, 0.3) is 33.0 Å². The van der Waals surface area contributed by atoms with Gasteiger partial charge in [0.25, 0.3) is 5.56 Å². The number of hydrogen-bond acceptors (Lipinski definition) is 5. The molecule has 0 saturated carbocycles. The Kier molecular flexibility index (Phi) is 4.45. The van der Waals surface area contributed by atoms with Gasteiger partial charge in [-0.15, -0.1) is 0 Å². The van der Waals surface area contributed by atoms with Crippen molar-refractivity contribution >= 4 is 27.8 Å². The average molecular weight is 453 g/mol. The van der Waals surface area contributed by atoms with Gasteiger partial charge in [-0.1, -0.05) is 30.3 Å². The minimum atomic E-state index is -0.659. The molecule has 1 N–H and O–H groups in total. The summed E-state index contributed by atoms with van der Waals surface area (Å²) in [5.41, 5.74) is 1.95. The van der Waals surface area contributed by atoms with E-state index in [-0.39, 0.29) is 39.7 Å². The predicted octanol–water partition coefficient (Wildman–Crippen LogP) is 4.88. The molecule has 0 radical (unpaired) electrons. The Morgan fingerprint density at radius 2 is 1.74 bits per heavy atom. The van der Waals surface area contributed by atoms with Gasteiger partial charge in [-0.25, -0.2) is 4.39 Å². The molecule has 0 amide bonds. The third-order valence-corrected chi connectivity index (χ3v) is 6.20. The van der Waals surface area contributed by atoms with Crippen molar-refractivity contribution in [2.75, 3.05) is 0 Å². The first kappa shape index (κ1) is 20.1. The number of fused-ring (bicyclic) bond motifs is 4. The predicted molar refractivity (Wildman–Crippen MR) is 125 cm³/mol. The van der Waals surface area contributed by atoms with Crippen molar-refractivity contribution in [3.8, 4) is 16.9 Å². The third-order valence-electron chi connectivity index (χ3n) is 6.20. The smallest absolute Gasteiger partial charge is 0.312 e. The molecule has 0 bridgehead atoms. The molecule has 0 fully saturated rings. The Bertz CT molecular complexity index is 1730. The number of nitrogens with one attached hydrogen (secondary N) is 1. The number of aromatic nitrogens is 1. The zero-order chi connectivity index (χ0) is 23.4. The van der Waals surface area contributed by atoms with Crippen molar-refractivity contribution in [2.24, 2.45) is 0 Å². The number of esters is 1. The Hall–Kier alpha value is -4.52. The molecule has 0 spiro atoms. The Morgan fingerprint density at radius 3 is 2.56 bits per heavy atom. The molecule has 0 unspecified atom stereocenters. The van der Waals surface area contributed by atoms with E-state index in [2.05, 4.69) is 4.98 Å². The van der Waals surface area contributed by atoms with Gasteiger partial charge in [-0.05, 0) is 47.3 Å². The standard InChI is InChI=1S/C27H16FNO5/c28-16-7-5-14(6-8-16)20-13-33-26-17(25(20)31)9-10-22-24(26)18(12-23(30)34-22)19-11-15-3-1-2-4-21(15)29-27(19)32/h1-11,13,18H,12H2,(H,29,32)/t18-/m0/s1. The SMILES string of the molecule is O=C1C[C@@H](c2cc3ccccc3[nH]c2=O)c2c(ccc3c(=O)c(-c4ccc(F)cc4)coc23)O1. The van der Waals surface area contributed by atoms with Crippen molar-refractivity contribution in [3.05, 3.63) is 111 Å². The Labute approximate surface area is 191 Å². The van der Waals surface area contributed by atoms with Gasteiger partial charge in [0.05, 0.1) is 17.4 Å². The number of benzene rings is 3. The van der Waals surface area contributed by atoms with Crippen molar-refractivity contribution < 1.29 is 18.3 Å². The summed E-state index contributed by atoms with van der Waals surface area (Å²) >= 11 is 0. The highest BCUT2D eigenvalue weighted by atomic mass is 19.1. The Balaban J connectivity index is 1.59. The molecule has 3 aromatic carbocycles. The molecular weight excluding hydrogens is 437 g/mol. The van der Waals surface area contributed by atoms with Crippen LogP contribution >= 0.6 is 0 Å². The fourth-order valence-electron chi connectivity index (χ4n) is 4.57. The number of ether oxygens (including phenoxy) is 1. The van der Waals surface area contributed by atoms with E-state index in [0.29, 0.717) is 22.2 Å². The van der Waals surface area contributed by atoms with E-state index in [0.717, 1.165) is 5.39 Å². The lowest BCUT2D eigenvalue weighted by Crippen LogP contribution is -2.26. The fraction of sp³-hybridized carbons (Fsp3) is 0.0741. The summed E-state index contributed by atoms with van der Waals surface area (Å²) in [6.45, 7) is 0. The van der Waals surface area contributed by atoms with Gasteiger partial charge in [0.2, 0.25) is 5.43 Å². The van der Waals surface area contributed by atoms with Gasteiger partial charge in [0.15, 0.2) is 0 Å². The Morgan fingerprint density at radius 1 is 0.941 bits per heavy atom. The summed E-state index contributed by atoms with van der Waals surface area (Å²) in [7, 11) is 0. The van der Waals surface area contributed by atoms with Crippen LogP contribution in [0.15, 0.2) is 87.0 Å². The summed E-state index contributed by atoms with van der Waals surface area (Å²) in [5.74, 6) is -1.30. The molecule has 6 rings (SSSR count). The molecule has 1 atom stereocenters. The van der Waals surface area contributed by atoms with E-state index >= 15 is 0 Å². The summed E-state index contributed by atoms with van der Waals surface area (Å²) in [6, 6.07) is 17.7. The molecule has 34 heavy (non-hydrogen) atoms. The van der Waals surface area contributed by atoms with Crippen LogP contribution in [0.5, 0.6) is 5.75 Å². The molecule has 3 heterocycles. The van der Waals surface area contributed by atoms with Gasteiger partial charge >= 0.3 is 5.97 Å². The summed E-state index contributed by atoms with van der Waals surface area (Å²) in [5, 5.41) is 1.10. The topological polar surface area (TPSA) is 89.4 Å². The fourth-order valence-corrected chi connectivity index (χ4v) is 4.57. The van der Waals surface area contributed by atoms with Crippen LogP contribution in [0.4, 0.5) is 4.39 Å². The number of H-pyrrole nitrogens is 1. The van der Waals surface area contributed by atoms with E-state index in [1.807, 2.05) is 18.2 Å². The number of halogens is 1. The van der Waals surface area contributed by atoms with Crippen molar-refractivity contribution in [2.45, 2.75) is 12.3 Å². The zero-order valence-corrected chi connectivity index (χ0v) is 17.6. The van der Waals surface area contributed by atoms with E-state index in [9.17, 15) is 18.8 Å². The summed E-state index contributed by atoms with van der Waals surface area (Å²) in [6.07, 6.45) is 1.24. The minimum absolute atomic E-state index is 0.0725. The van der Waals surface area contributed by atoms with E-state index in [1.54, 1.807) is 18.2 Å². The normalized spacial score (nSPS) is 15.3. The molecular formula is C27H16FNO5. The summed E-state index contributed by atoms with van der Waals surface area (Å²) < 4.78 is 24.7. The van der Waals surface area contributed by atoms with Crippen LogP contribution in [0.3, 0.4) is 0 Å². The maximum absolute atomic E-state index is 13.3. The second-order valence-electron chi connectivity index (χ2n) is 8.21. The first-order chi connectivity index (χ1) is 16.5. The highest BCUT2D eigenvalue weighted by Crippen LogP contribution is 2.42. The summed E-state index contributed by atoms with van der Waals surface area (Å²) in [4.78, 5) is 41.6. The highest BCUT2D eigenvalue weighted by molar-refractivity contribution is 5.90. The highest BCUT2D eigenvalue weighted by Gasteiger charge is 2.33. The van der Waals surface area contributed by atoms with Crippen LogP contribution in [-0.4, -0.2) is 11.0 Å². The average Bonchev–Trinajstić information content (AvgIpc) is 2.84. The number of carbonyl (C=O) groups excluding carboxylic acids is 1.